The average molecular weight is 299 g/mol. The number of imidazole rings is 1. The molecule has 2 aromatic heterocycles. The molecule has 2 N–H and O–H groups in total. The summed E-state index contributed by atoms with van der Waals surface area (Å²) in [6.07, 6.45) is 3.21. The second-order valence-corrected chi connectivity index (χ2v) is 6.58. The van der Waals surface area contributed by atoms with Crippen LogP contribution in [0, 0.1) is 5.92 Å². The highest BCUT2D eigenvalue weighted by molar-refractivity contribution is 7.99. The molecule has 0 radical (unpaired) electrons. The van der Waals surface area contributed by atoms with E-state index in [0.717, 1.165) is 35.3 Å². The van der Waals surface area contributed by atoms with E-state index >= 15 is 0 Å². The van der Waals surface area contributed by atoms with Crippen molar-refractivity contribution in [2.75, 3.05) is 18.9 Å². The molecule has 2 heterocycles. The van der Waals surface area contributed by atoms with E-state index < -0.39 is 0 Å². The van der Waals surface area contributed by atoms with Gasteiger partial charge < -0.3 is 10.4 Å². The minimum absolute atomic E-state index is 0.235. The number of aliphatic hydroxyl groups is 1. The number of rotatable bonds is 8. The third-order valence-corrected chi connectivity index (χ3v) is 4.95. The van der Waals surface area contributed by atoms with Crippen LogP contribution in [0.5, 0.6) is 0 Å². The first kappa shape index (κ1) is 14.8. The molecular weight excluding hydrogens is 278 g/mol. The van der Waals surface area contributed by atoms with E-state index in [4.69, 9.17) is 5.11 Å². The lowest BCUT2D eigenvalue weighted by Crippen LogP contribution is -2.15. The first-order chi connectivity index (χ1) is 9.26. The molecule has 19 heavy (non-hydrogen) atoms. The number of aliphatic hydroxyl groups excluding tert-OH is 1. The van der Waals surface area contributed by atoms with E-state index in [0.29, 0.717) is 5.92 Å². The first-order valence-corrected chi connectivity index (χ1v) is 8.51. The zero-order valence-electron chi connectivity index (χ0n) is 11.4. The summed E-state index contributed by atoms with van der Waals surface area (Å²) in [5, 5.41) is 15.7. The topological polar surface area (TPSA) is 49.6 Å². The second-order valence-electron chi connectivity index (χ2n) is 4.69. The Morgan fingerprint density at radius 2 is 2.42 bits per heavy atom. The van der Waals surface area contributed by atoms with Gasteiger partial charge in [-0.3, -0.25) is 4.40 Å². The van der Waals surface area contributed by atoms with Gasteiger partial charge in [0.15, 0.2) is 4.96 Å². The van der Waals surface area contributed by atoms with Crippen LogP contribution in [0.1, 0.15) is 26.0 Å². The van der Waals surface area contributed by atoms with Crippen molar-refractivity contribution in [3.63, 3.8) is 0 Å². The summed E-state index contributed by atoms with van der Waals surface area (Å²) < 4.78 is 2.17. The number of fused-ring (bicyclic) bond motifs is 1. The van der Waals surface area contributed by atoms with Crippen LogP contribution in [-0.2, 0) is 6.54 Å². The molecule has 0 saturated heterocycles. The molecule has 4 nitrogen and oxygen atoms in total. The van der Waals surface area contributed by atoms with Crippen LogP contribution in [0.25, 0.3) is 4.96 Å². The van der Waals surface area contributed by atoms with Gasteiger partial charge in [0.1, 0.15) is 5.03 Å². The molecule has 6 heteroatoms. The van der Waals surface area contributed by atoms with Gasteiger partial charge >= 0.3 is 0 Å². The van der Waals surface area contributed by atoms with Gasteiger partial charge in [-0.05, 0) is 18.9 Å². The molecule has 106 valence electrons. The molecule has 0 aliphatic heterocycles. The van der Waals surface area contributed by atoms with Gasteiger partial charge in [-0.25, -0.2) is 4.98 Å². The summed E-state index contributed by atoms with van der Waals surface area (Å²) in [7, 11) is 0. The maximum atomic E-state index is 9.11. The van der Waals surface area contributed by atoms with Crippen LogP contribution in [0.4, 0.5) is 0 Å². The zero-order chi connectivity index (χ0) is 13.7. The van der Waals surface area contributed by atoms with Crippen LogP contribution in [-0.4, -0.2) is 33.4 Å². The standard InChI is InChI=1S/C13H21N3OS2/c1-3-4-14-7-11-12(19-9-10(2)8-17)15-13-16(11)5-6-18-13/h5-6,10,14,17H,3-4,7-9H2,1-2H3. The molecule has 0 aliphatic carbocycles. The van der Waals surface area contributed by atoms with E-state index in [9.17, 15) is 0 Å². The lowest BCUT2D eigenvalue weighted by atomic mass is 10.2. The Kier molecular flexibility index (Phi) is 5.69. The monoisotopic (exact) mass is 299 g/mol. The molecular formula is C13H21N3OS2. The molecule has 0 fully saturated rings. The molecule has 0 bridgehead atoms. The highest BCUT2D eigenvalue weighted by Crippen LogP contribution is 2.27. The van der Waals surface area contributed by atoms with Crippen molar-refractivity contribution in [2.45, 2.75) is 31.8 Å². The van der Waals surface area contributed by atoms with Crippen molar-refractivity contribution >= 4 is 28.1 Å². The Morgan fingerprint density at radius 1 is 1.58 bits per heavy atom. The second kappa shape index (κ2) is 7.28. The molecule has 0 aliphatic rings. The van der Waals surface area contributed by atoms with Crippen LogP contribution in [0.3, 0.4) is 0 Å². The highest BCUT2D eigenvalue weighted by atomic mass is 32.2. The third kappa shape index (κ3) is 3.72. The largest absolute Gasteiger partial charge is 0.396 e. The van der Waals surface area contributed by atoms with Crippen molar-refractivity contribution < 1.29 is 5.11 Å². The number of hydrogen-bond donors (Lipinski definition) is 2. The Morgan fingerprint density at radius 3 is 3.16 bits per heavy atom. The van der Waals surface area contributed by atoms with Crippen LogP contribution >= 0.6 is 23.1 Å². The fourth-order valence-electron chi connectivity index (χ4n) is 1.75. The van der Waals surface area contributed by atoms with E-state index in [2.05, 4.69) is 40.1 Å². The first-order valence-electron chi connectivity index (χ1n) is 6.65. The Hall–Kier alpha value is -0.560. The van der Waals surface area contributed by atoms with Crippen molar-refractivity contribution in [2.24, 2.45) is 5.92 Å². The quantitative estimate of drug-likeness (QED) is 0.581. The molecule has 0 amide bonds. The summed E-state index contributed by atoms with van der Waals surface area (Å²) >= 11 is 3.41. The van der Waals surface area contributed by atoms with Gasteiger partial charge in [0.25, 0.3) is 0 Å². The van der Waals surface area contributed by atoms with E-state index in [1.165, 1.54) is 5.69 Å². The summed E-state index contributed by atoms with van der Waals surface area (Å²) in [6, 6.07) is 0. The summed E-state index contributed by atoms with van der Waals surface area (Å²) in [4.78, 5) is 5.73. The summed E-state index contributed by atoms with van der Waals surface area (Å²) in [5.74, 6) is 1.21. The Labute approximate surface area is 122 Å². The molecule has 0 aromatic carbocycles. The minimum atomic E-state index is 0.235. The SMILES string of the molecule is CCCNCc1c(SCC(C)CO)nc2sccn12. The number of nitrogens with one attached hydrogen (secondary N) is 1. The van der Waals surface area contributed by atoms with Crippen LogP contribution < -0.4 is 5.32 Å². The molecule has 1 atom stereocenters. The van der Waals surface area contributed by atoms with Crippen LogP contribution in [0.2, 0.25) is 0 Å². The van der Waals surface area contributed by atoms with Gasteiger partial charge in [-0.1, -0.05) is 13.8 Å². The average Bonchev–Trinajstić information content (AvgIpc) is 2.98. The smallest absolute Gasteiger partial charge is 0.194 e. The van der Waals surface area contributed by atoms with Crippen molar-refractivity contribution in [3.05, 3.63) is 17.3 Å². The van der Waals surface area contributed by atoms with Crippen molar-refractivity contribution in [3.8, 4) is 0 Å². The lowest BCUT2D eigenvalue weighted by Gasteiger charge is -2.08. The summed E-state index contributed by atoms with van der Waals surface area (Å²) in [6.45, 7) is 6.33. The number of thioether (sulfide) groups is 1. The maximum Gasteiger partial charge on any atom is 0.194 e. The lowest BCUT2D eigenvalue weighted by molar-refractivity contribution is 0.250. The highest BCUT2D eigenvalue weighted by Gasteiger charge is 2.14. The number of nitrogens with zero attached hydrogens (tertiary/aromatic N) is 2. The zero-order valence-corrected chi connectivity index (χ0v) is 13.1. The van der Waals surface area contributed by atoms with Crippen LogP contribution in [0.15, 0.2) is 16.6 Å². The van der Waals surface area contributed by atoms with Gasteiger partial charge in [0, 0.05) is 30.5 Å². The van der Waals surface area contributed by atoms with Crippen molar-refractivity contribution in [1.29, 1.82) is 0 Å². The number of hydrogen-bond acceptors (Lipinski definition) is 5. The van der Waals surface area contributed by atoms with Crippen molar-refractivity contribution in [1.82, 2.24) is 14.7 Å². The number of aromatic nitrogens is 2. The maximum absolute atomic E-state index is 9.11. The normalized spacial score (nSPS) is 13.2. The number of thiazole rings is 1. The predicted octanol–water partition coefficient (Wildman–Crippen LogP) is 2.62. The summed E-state index contributed by atoms with van der Waals surface area (Å²) in [5.41, 5.74) is 1.24. The van der Waals surface area contributed by atoms with E-state index in [1.807, 2.05) is 0 Å². The van der Waals surface area contributed by atoms with E-state index in [-0.39, 0.29) is 6.61 Å². The fraction of sp³-hybridized carbons (Fsp3) is 0.615. The van der Waals surface area contributed by atoms with Gasteiger partial charge in [0.05, 0.1) is 5.69 Å². The molecule has 2 rings (SSSR count). The van der Waals surface area contributed by atoms with Gasteiger partial charge in [-0.15, -0.1) is 23.1 Å². The third-order valence-electron chi connectivity index (χ3n) is 2.86. The predicted molar refractivity (Wildman–Crippen MR) is 82.0 cm³/mol. The van der Waals surface area contributed by atoms with E-state index in [1.54, 1.807) is 23.1 Å². The molecule has 1 unspecified atom stereocenters. The van der Waals surface area contributed by atoms with Gasteiger partial charge in [-0.2, -0.15) is 0 Å². The molecule has 0 saturated carbocycles. The van der Waals surface area contributed by atoms with Gasteiger partial charge in [0.2, 0.25) is 0 Å². The minimum Gasteiger partial charge on any atom is -0.396 e. The Bertz CT molecular complexity index is 509. The molecule has 2 aromatic rings. The fourth-order valence-corrected chi connectivity index (χ4v) is 3.57. The molecule has 0 spiro atoms. The Balaban J connectivity index is 2.11.